The van der Waals surface area contributed by atoms with Crippen molar-refractivity contribution < 1.29 is 24.2 Å². The molecule has 29 heavy (non-hydrogen) atoms. The molecule has 0 bridgehead atoms. The third-order valence-corrected chi connectivity index (χ3v) is 4.46. The number of amides is 1. The summed E-state index contributed by atoms with van der Waals surface area (Å²) < 4.78 is 11.7. The number of nitrogens with one attached hydrogen (secondary N) is 1. The first kappa shape index (κ1) is 22.0. The van der Waals surface area contributed by atoms with Crippen molar-refractivity contribution in [2.24, 2.45) is 0 Å². The summed E-state index contributed by atoms with van der Waals surface area (Å²) in [4.78, 5) is 23.3. The van der Waals surface area contributed by atoms with Crippen molar-refractivity contribution in [2.45, 2.75) is 0 Å². The first-order valence-electron chi connectivity index (χ1n) is 8.27. The molecule has 0 saturated heterocycles. The highest BCUT2D eigenvalue weighted by atomic mass is 127. The normalized spacial score (nSPS) is 10.6. The summed E-state index contributed by atoms with van der Waals surface area (Å²) in [5.41, 5.74) is 0.941. The molecule has 0 heterocycles. The van der Waals surface area contributed by atoms with Crippen LogP contribution in [-0.4, -0.2) is 30.7 Å². The minimum atomic E-state index is -1.07. The topological polar surface area (TPSA) is 109 Å². The van der Waals surface area contributed by atoms with Crippen LogP contribution in [0.15, 0.2) is 54.6 Å². The maximum Gasteiger partial charge on any atom is 0.335 e. The summed E-state index contributed by atoms with van der Waals surface area (Å²) in [5, 5.41) is 20.9. The molecule has 0 aliphatic carbocycles. The monoisotopic (exact) mass is 504 g/mol. The van der Waals surface area contributed by atoms with E-state index in [2.05, 4.69) is 34.5 Å². The van der Waals surface area contributed by atoms with Crippen molar-refractivity contribution in [3.05, 3.63) is 69.3 Å². The van der Waals surface area contributed by atoms with Crippen molar-refractivity contribution in [3.8, 4) is 17.6 Å². The lowest BCUT2D eigenvalue weighted by atomic mass is 10.1. The molecule has 1 amide bonds. The number of carboxylic acids is 1. The highest BCUT2D eigenvalue weighted by Gasteiger charge is 2.14. The zero-order valence-corrected chi connectivity index (χ0v) is 17.6. The molecule has 0 atom stereocenters. The van der Waals surface area contributed by atoms with E-state index < -0.39 is 11.9 Å². The first-order valence-corrected chi connectivity index (χ1v) is 9.35. The molecule has 0 aliphatic rings. The number of nitrogens with zero attached hydrogens (tertiary/aromatic N) is 1. The molecule has 0 spiro atoms. The maximum atomic E-state index is 12.4. The van der Waals surface area contributed by atoms with Crippen molar-refractivity contribution in [1.29, 1.82) is 5.26 Å². The van der Waals surface area contributed by atoms with E-state index in [4.69, 9.17) is 14.6 Å². The summed E-state index contributed by atoms with van der Waals surface area (Å²) in [5.74, 6) is -0.667. The van der Waals surface area contributed by atoms with E-state index in [1.165, 1.54) is 37.5 Å². The molecule has 0 saturated carbocycles. The Morgan fingerprint density at radius 3 is 2.55 bits per heavy atom. The Hall–Kier alpha value is -3.32. The van der Waals surface area contributed by atoms with Crippen molar-refractivity contribution >= 4 is 46.2 Å². The lowest BCUT2D eigenvalue weighted by Crippen LogP contribution is -2.13. The van der Waals surface area contributed by atoms with Gasteiger partial charge in [-0.2, -0.15) is 5.26 Å². The summed E-state index contributed by atoms with van der Waals surface area (Å²) in [6, 6.07) is 10.9. The average molecular weight is 504 g/mol. The Kier molecular flexibility index (Phi) is 7.79. The van der Waals surface area contributed by atoms with Gasteiger partial charge in [0.05, 0.1) is 16.2 Å². The third-order valence-electron chi connectivity index (χ3n) is 3.66. The van der Waals surface area contributed by atoms with Crippen LogP contribution in [-0.2, 0) is 4.79 Å². The Morgan fingerprint density at radius 2 is 2.00 bits per heavy atom. The number of anilines is 1. The highest BCUT2D eigenvalue weighted by Crippen LogP contribution is 2.34. The smallest absolute Gasteiger partial charge is 0.335 e. The van der Waals surface area contributed by atoms with E-state index in [1.807, 2.05) is 6.07 Å². The van der Waals surface area contributed by atoms with Crippen LogP contribution >= 0.6 is 22.6 Å². The fourth-order valence-electron chi connectivity index (χ4n) is 2.32. The maximum absolute atomic E-state index is 12.4. The minimum absolute atomic E-state index is 0.0967. The summed E-state index contributed by atoms with van der Waals surface area (Å²) in [6.07, 6.45) is 3.05. The highest BCUT2D eigenvalue weighted by molar-refractivity contribution is 14.1. The molecular weight excluding hydrogens is 487 g/mol. The summed E-state index contributed by atoms with van der Waals surface area (Å²) in [6.45, 7) is 3.92. The van der Waals surface area contributed by atoms with Gasteiger partial charge in [-0.15, -0.1) is 0 Å². The molecule has 0 aromatic heterocycles. The quantitative estimate of drug-likeness (QED) is 0.243. The second kappa shape index (κ2) is 10.3. The molecule has 0 aliphatic heterocycles. The molecule has 8 heteroatoms. The van der Waals surface area contributed by atoms with Gasteiger partial charge in [0, 0.05) is 5.69 Å². The van der Waals surface area contributed by atoms with Crippen LogP contribution in [0.4, 0.5) is 5.69 Å². The van der Waals surface area contributed by atoms with Crippen LogP contribution in [0.2, 0.25) is 0 Å². The molecule has 0 fully saturated rings. The lowest BCUT2D eigenvalue weighted by Gasteiger charge is -2.12. The SMILES string of the molecule is C=CCOc1c(I)cc(/C=C(\C#N)C(=O)Nc2ccc(C(=O)O)cc2)cc1OC. The van der Waals surface area contributed by atoms with Crippen molar-refractivity contribution in [3.63, 3.8) is 0 Å². The summed E-state index contributed by atoms with van der Waals surface area (Å²) >= 11 is 2.08. The summed E-state index contributed by atoms with van der Waals surface area (Å²) in [7, 11) is 1.50. The minimum Gasteiger partial charge on any atom is -0.493 e. The Bertz CT molecular complexity index is 1010. The number of methoxy groups -OCH3 is 1. The van der Waals surface area contributed by atoms with E-state index in [0.29, 0.717) is 29.4 Å². The molecule has 0 unspecified atom stereocenters. The lowest BCUT2D eigenvalue weighted by molar-refractivity contribution is -0.112. The van der Waals surface area contributed by atoms with Gasteiger partial charge in [0.25, 0.3) is 5.91 Å². The van der Waals surface area contributed by atoms with Gasteiger partial charge in [0.1, 0.15) is 18.2 Å². The second-order valence-electron chi connectivity index (χ2n) is 5.64. The van der Waals surface area contributed by atoms with Gasteiger partial charge in [-0.1, -0.05) is 12.7 Å². The van der Waals surface area contributed by atoms with Crippen LogP contribution in [0.1, 0.15) is 15.9 Å². The van der Waals surface area contributed by atoms with Gasteiger partial charge in [-0.3, -0.25) is 4.79 Å². The number of aromatic carboxylic acids is 1. The van der Waals surface area contributed by atoms with Crippen LogP contribution in [0, 0.1) is 14.9 Å². The zero-order valence-electron chi connectivity index (χ0n) is 15.4. The van der Waals surface area contributed by atoms with Crippen LogP contribution in [0.3, 0.4) is 0 Å². The number of hydrogen-bond acceptors (Lipinski definition) is 5. The van der Waals surface area contributed by atoms with E-state index in [1.54, 1.807) is 18.2 Å². The predicted octanol–water partition coefficient (Wildman–Crippen LogP) is 4.11. The third kappa shape index (κ3) is 5.83. The van der Waals surface area contributed by atoms with Crippen LogP contribution in [0.25, 0.3) is 6.08 Å². The zero-order chi connectivity index (χ0) is 21.4. The van der Waals surface area contributed by atoms with E-state index in [-0.39, 0.29) is 11.1 Å². The van der Waals surface area contributed by atoms with E-state index >= 15 is 0 Å². The Labute approximate surface area is 181 Å². The number of carbonyl (C=O) groups excluding carboxylic acids is 1. The number of ether oxygens (including phenoxy) is 2. The van der Waals surface area contributed by atoms with Gasteiger partial charge < -0.3 is 19.9 Å². The standard InChI is InChI=1S/C21H17IN2O5/c1-3-8-29-19-17(22)10-13(11-18(19)28-2)9-15(12-23)20(25)24-16-6-4-14(5-7-16)21(26)27/h3-7,9-11H,1,8H2,2H3,(H,24,25)(H,26,27)/b15-9+. The number of nitriles is 1. The van der Waals surface area contributed by atoms with Crippen LogP contribution in [0.5, 0.6) is 11.5 Å². The van der Waals surface area contributed by atoms with E-state index in [9.17, 15) is 14.9 Å². The second-order valence-corrected chi connectivity index (χ2v) is 6.80. The molecule has 2 aromatic rings. The predicted molar refractivity (Wildman–Crippen MR) is 117 cm³/mol. The number of rotatable bonds is 8. The molecule has 2 N–H and O–H groups in total. The Balaban J connectivity index is 2.27. The van der Waals surface area contributed by atoms with Crippen molar-refractivity contribution in [1.82, 2.24) is 0 Å². The average Bonchev–Trinajstić information content (AvgIpc) is 2.71. The van der Waals surface area contributed by atoms with Gasteiger partial charge in [0.15, 0.2) is 11.5 Å². The molecular formula is C21H17IN2O5. The molecule has 2 aromatic carbocycles. The fourth-order valence-corrected chi connectivity index (χ4v) is 3.10. The molecule has 2 rings (SSSR count). The first-order chi connectivity index (χ1) is 13.9. The fraction of sp³-hybridized carbons (Fsp3) is 0.0952. The van der Waals surface area contributed by atoms with Gasteiger partial charge in [0.2, 0.25) is 0 Å². The number of carboxylic acid groups (broad SMARTS) is 1. The number of hydrogen-bond donors (Lipinski definition) is 2. The van der Waals surface area contributed by atoms with Crippen LogP contribution < -0.4 is 14.8 Å². The number of halogens is 1. The van der Waals surface area contributed by atoms with Gasteiger partial charge in [-0.25, -0.2) is 4.79 Å². The van der Waals surface area contributed by atoms with Gasteiger partial charge in [-0.05, 0) is 70.6 Å². The number of benzene rings is 2. The largest absolute Gasteiger partial charge is 0.493 e. The molecule has 7 nitrogen and oxygen atoms in total. The molecule has 148 valence electrons. The van der Waals surface area contributed by atoms with Gasteiger partial charge >= 0.3 is 5.97 Å². The molecule has 0 radical (unpaired) electrons. The number of carbonyl (C=O) groups is 2. The van der Waals surface area contributed by atoms with E-state index in [0.717, 1.165) is 3.57 Å². The van der Waals surface area contributed by atoms with Crippen molar-refractivity contribution in [2.75, 3.05) is 19.0 Å². The Morgan fingerprint density at radius 1 is 1.31 bits per heavy atom.